The van der Waals surface area contributed by atoms with Gasteiger partial charge in [0.25, 0.3) is 0 Å². The summed E-state index contributed by atoms with van der Waals surface area (Å²) in [5.41, 5.74) is 0. The van der Waals surface area contributed by atoms with Gasteiger partial charge in [0.2, 0.25) is 0 Å². The van der Waals surface area contributed by atoms with Gasteiger partial charge >= 0.3 is 0 Å². The number of halogens is 1. The summed E-state index contributed by atoms with van der Waals surface area (Å²) in [6.07, 6.45) is 2.21. The smallest absolute Gasteiger partial charge is 0.128 e. The summed E-state index contributed by atoms with van der Waals surface area (Å²) in [6.45, 7) is 2.15. The molecule has 1 rings (SSSR count). The highest BCUT2D eigenvalue weighted by molar-refractivity contribution is 9.08. The van der Waals surface area contributed by atoms with Gasteiger partial charge in [-0.05, 0) is 6.42 Å². The van der Waals surface area contributed by atoms with Crippen molar-refractivity contribution in [2.45, 2.75) is 25.1 Å². The normalized spacial score (nSPS) is 10.2. The molecule has 0 atom stereocenters. The van der Waals surface area contributed by atoms with Gasteiger partial charge in [0.1, 0.15) is 10.0 Å². The number of aryl methyl sites for hydroxylation is 1. The number of hydrogen-bond acceptors (Lipinski definition) is 3. The Hall–Kier alpha value is 0.0400. The molecule has 0 bridgehead atoms. The van der Waals surface area contributed by atoms with Crippen molar-refractivity contribution in [1.29, 1.82) is 0 Å². The van der Waals surface area contributed by atoms with Crippen molar-refractivity contribution in [3.8, 4) is 0 Å². The van der Waals surface area contributed by atoms with Gasteiger partial charge in [-0.25, -0.2) is 0 Å². The van der Waals surface area contributed by atoms with Gasteiger partial charge in [0.15, 0.2) is 0 Å². The second kappa shape index (κ2) is 4.03. The Morgan fingerprint density at radius 1 is 1.40 bits per heavy atom. The Bertz CT molecular complexity index is 199. The van der Waals surface area contributed by atoms with Crippen LogP contribution in [0.1, 0.15) is 23.4 Å². The van der Waals surface area contributed by atoms with Gasteiger partial charge in [0.05, 0.1) is 5.33 Å². The molecule has 1 aromatic rings. The summed E-state index contributed by atoms with van der Waals surface area (Å²) < 4.78 is 0. The van der Waals surface area contributed by atoms with Crippen molar-refractivity contribution in [3.05, 3.63) is 10.0 Å². The van der Waals surface area contributed by atoms with Crippen molar-refractivity contribution in [2.75, 3.05) is 0 Å². The number of nitrogens with zero attached hydrogens (tertiary/aromatic N) is 2. The molecule has 0 aliphatic rings. The van der Waals surface area contributed by atoms with Crippen LogP contribution in [-0.2, 0) is 11.8 Å². The van der Waals surface area contributed by atoms with Crippen LogP contribution in [0.2, 0.25) is 0 Å². The van der Waals surface area contributed by atoms with E-state index in [0.29, 0.717) is 0 Å². The fourth-order valence-electron chi connectivity index (χ4n) is 0.657. The molecule has 0 radical (unpaired) electrons. The van der Waals surface area contributed by atoms with E-state index in [4.69, 9.17) is 0 Å². The molecule has 1 heterocycles. The van der Waals surface area contributed by atoms with Gasteiger partial charge < -0.3 is 0 Å². The molecule has 0 N–H and O–H groups in total. The zero-order chi connectivity index (χ0) is 7.40. The second-order valence-electron chi connectivity index (χ2n) is 1.97. The van der Waals surface area contributed by atoms with E-state index in [1.165, 1.54) is 0 Å². The largest absolute Gasteiger partial charge is 0.144 e. The van der Waals surface area contributed by atoms with Crippen LogP contribution in [-0.4, -0.2) is 10.2 Å². The standard InChI is InChI=1S/C6H9BrN2S/c1-2-3-5-8-9-6(4-7)10-5/h2-4H2,1H3. The lowest BCUT2D eigenvalue weighted by Crippen LogP contribution is -1.79. The molecule has 0 spiro atoms. The quantitative estimate of drug-likeness (QED) is 0.732. The van der Waals surface area contributed by atoms with Gasteiger partial charge in [-0.3, -0.25) is 0 Å². The van der Waals surface area contributed by atoms with E-state index < -0.39 is 0 Å². The Morgan fingerprint density at radius 3 is 2.60 bits per heavy atom. The summed E-state index contributed by atoms with van der Waals surface area (Å²) in [4.78, 5) is 0. The molecule has 2 nitrogen and oxygen atoms in total. The third-order valence-corrected chi connectivity index (χ3v) is 2.97. The van der Waals surface area contributed by atoms with Crippen LogP contribution < -0.4 is 0 Å². The lowest BCUT2D eigenvalue weighted by molar-refractivity contribution is 0.873. The molecular formula is C6H9BrN2S. The van der Waals surface area contributed by atoms with Crippen LogP contribution in [0.25, 0.3) is 0 Å². The number of hydrogen-bond donors (Lipinski definition) is 0. The first-order valence-corrected chi connectivity index (χ1v) is 5.17. The van der Waals surface area contributed by atoms with Gasteiger partial charge in [-0.15, -0.1) is 21.5 Å². The Labute approximate surface area is 72.8 Å². The van der Waals surface area contributed by atoms with E-state index in [1.54, 1.807) is 11.3 Å². The zero-order valence-electron chi connectivity index (χ0n) is 5.80. The molecular weight excluding hydrogens is 212 g/mol. The van der Waals surface area contributed by atoms with E-state index in [9.17, 15) is 0 Å². The van der Waals surface area contributed by atoms with E-state index in [-0.39, 0.29) is 0 Å². The van der Waals surface area contributed by atoms with Crippen molar-refractivity contribution in [1.82, 2.24) is 10.2 Å². The van der Waals surface area contributed by atoms with Crippen LogP contribution >= 0.6 is 27.3 Å². The topological polar surface area (TPSA) is 25.8 Å². The van der Waals surface area contributed by atoms with E-state index in [2.05, 4.69) is 33.1 Å². The Balaban J connectivity index is 2.59. The molecule has 0 aliphatic carbocycles. The maximum atomic E-state index is 4.02. The van der Waals surface area contributed by atoms with Crippen LogP contribution in [0, 0.1) is 0 Å². The van der Waals surface area contributed by atoms with Crippen LogP contribution in [0.4, 0.5) is 0 Å². The maximum Gasteiger partial charge on any atom is 0.128 e. The lowest BCUT2D eigenvalue weighted by Gasteiger charge is -1.83. The first-order valence-electron chi connectivity index (χ1n) is 3.24. The summed E-state index contributed by atoms with van der Waals surface area (Å²) in [5, 5.41) is 11.0. The molecule has 0 saturated carbocycles. The molecule has 0 fully saturated rings. The van der Waals surface area contributed by atoms with Gasteiger partial charge in [0, 0.05) is 6.42 Å². The molecule has 0 amide bonds. The Morgan fingerprint density at radius 2 is 2.10 bits per heavy atom. The molecule has 1 aromatic heterocycles. The van der Waals surface area contributed by atoms with Gasteiger partial charge in [-0.2, -0.15) is 0 Å². The number of alkyl halides is 1. The minimum Gasteiger partial charge on any atom is -0.144 e. The highest BCUT2D eigenvalue weighted by Crippen LogP contribution is 2.13. The minimum atomic E-state index is 0.828. The summed E-state index contributed by atoms with van der Waals surface area (Å²) in [5.74, 6) is 0. The van der Waals surface area contributed by atoms with Gasteiger partial charge in [-0.1, -0.05) is 22.9 Å². The number of rotatable bonds is 3. The van der Waals surface area contributed by atoms with E-state index in [0.717, 1.165) is 28.2 Å². The third-order valence-electron chi connectivity index (χ3n) is 1.09. The molecule has 0 aliphatic heterocycles. The van der Waals surface area contributed by atoms with Crippen molar-refractivity contribution >= 4 is 27.3 Å². The monoisotopic (exact) mass is 220 g/mol. The summed E-state index contributed by atoms with van der Waals surface area (Å²) in [7, 11) is 0. The minimum absolute atomic E-state index is 0.828. The molecule has 0 unspecified atom stereocenters. The third kappa shape index (κ3) is 2.02. The first kappa shape index (κ1) is 8.14. The van der Waals surface area contributed by atoms with E-state index >= 15 is 0 Å². The lowest BCUT2D eigenvalue weighted by atomic mass is 10.4. The fourth-order valence-corrected chi connectivity index (χ4v) is 1.91. The summed E-state index contributed by atoms with van der Waals surface area (Å²) in [6, 6.07) is 0. The molecule has 0 aromatic carbocycles. The van der Waals surface area contributed by atoms with Crippen LogP contribution in [0.5, 0.6) is 0 Å². The molecule has 10 heavy (non-hydrogen) atoms. The predicted octanol–water partition coefficient (Wildman–Crippen LogP) is 2.39. The molecule has 56 valence electrons. The highest BCUT2D eigenvalue weighted by atomic mass is 79.9. The average molecular weight is 221 g/mol. The molecule has 0 saturated heterocycles. The Kier molecular flexibility index (Phi) is 3.28. The van der Waals surface area contributed by atoms with E-state index in [1.807, 2.05) is 0 Å². The summed E-state index contributed by atoms with van der Waals surface area (Å²) >= 11 is 5.02. The second-order valence-corrected chi connectivity index (χ2v) is 3.68. The van der Waals surface area contributed by atoms with Crippen LogP contribution in [0.15, 0.2) is 0 Å². The zero-order valence-corrected chi connectivity index (χ0v) is 8.20. The fraction of sp³-hybridized carbons (Fsp3) is 0.667. The highest BCUT2D eigenvalue weighted by Gasteiger charge is 1.99. The predicted molar refractivity (Wildman–Crippen MR) is 46.5 cm³/mol. The van der Waals surface area contributed by atoms with Crippen LogP contribution in [0.3, 0.4) is 0 Å². The van der Waals surface area contributed by atoms with Crippen molar-refractivity contribution < 1.29 is 0 Å². The maximum absolute atomic E-state index is 4.02. The van der Waals surface area contributed by atoms with Crippen molar-refractivity contribution in [2.24, 2.45) is 0 Å². The first-order chi connectivity index (χ1) is 4.86. The number of aromatic nitrogens is 2. The van der Waals surface area contributed by atoms with Crippen molar-refractivity contribution in [3.63, 3.8) is 0 Å². The SMILES string of the molecule is CCCc1nnc(CBr)s1. The average Bonchev–Trinajstić information content (AvgIpc) is 2.37. The molecule has 4 heteroatoms.